The number of aldehydes is 1. The molecule has 0 unspecified atom stereocenters. The average Bonchev–Trinajstić information content (AvgIpc) is 2.39. The van der Waals surface area contributed by atoms with Crippen LogP contribution in [0.3, 0.4) is 0 Å². The topological polar surface area (TPSA) is 60.2 Å². The van der Waals surface area contributed by atoms with E-state index in [9.17, 15) is 19.3 Å². The lowest BCUT2D eigenvalue weighted by Gasteiger charge is -2.05. The van der Waals surface area contributed by atoms with Gasteiger partial charge >= 0.3 is 0 Å². The molecule has 0 bridgehead atoms. The lowest BCUT2D eigenvalue weighted by molar-refractivity contribution is -0.384. The molecular formula is C13H8FNO3. The van der Waals surface area contributed by atoms with Crippen LogP contribution in [0.15, 0.2) is 42.5 Å². The Hall–Kier alpha value is -2.56. The first-order chi connectivity index (χ1) is 8.61. The van der Waals surface area contributed by atoms with Gasteiger partial charge < -0.3 is 0 Å². The summed E-state index contributed by atoms with van der Waals surface area (Å²) in [6, 6.07) is 9.43. The number of nitro groups is 1. The minimum Gasteiger partial charge on any atom is -0.298 e. The molecule has 0 amide bonds. The van der Waals surface area contributed by atoms with Gasteiger partial charge in [-0.15, -0.1) is 0 Å². The molecule has 5 heteroatoms. The molecule has 0 atom stereocenters. The Kier molecular flexibility index (Phi) is 3.14. The Morgan fingerprint density at radius 3 is 2.61 bits per heavy atom. The van der Waals surface area contributed by atoms with E-state index in [0.29, 0.717) is 17.4 Å². The highest BCUT2D eigenvalue weighted by atomic mass is 19.1. The number of hydrogen-bond acceptors (Lipinski definition) is 3. The highest BCUT2D eigenvalue weighted by molar-refractivity contribution is 5.87. The van der Waals surface area contributed by atoms with Crippen molar-refractivity contribution in [2.75, 3.05) is 0 Å². The quantitative estimate of drug-likeness (QED) is 0.474. The zero-order valence-electron chi connectivity index (χ0n) is 9.17. The van der Waals surface area contributed by atoms with E-state index in [1.165, 1.54) is 36.4 Å². The maximum Gasteiger partial charge on any atom is 0.270 e. The first-order valence-corrected chi connectivity index (χ1v) is 5.11. The minimum atomic E-state index is -0.538. The largest absolute Gasteiger partial charge is 0.298 e. The number of rotatable bonds is 3. The van der Waals surface area contributed by atoms with E-state index in [0.717, 1.165) is 0 Å². The van der Waals surface area contributed by atoms with Gasteiger partial charge in [0.1, 0.15) is 5.82 Å². The van der Waals surface area contributed by atoms with E-state index >= 15 is 0 Å². The molecule has 0 heterocycles. The van der Waals surface area contributed by atoms with Crippen molar-refractivity contribution in [3.8, 4) is 11.1 Å². The molecule has 0 aliphatic rings. The zero-order valence-corrected chi connectivity index (χ0v) is 9.17. The summed E-state index contributed by atoms with van der Waals surface area (Å²) in [5.41, 5.74) is 0.963. The normalized spacial score (nSPS) is 10.1. The summed E-state index contributed by atoms with van der Waals surface area (Å²) in [6.45, 7) is 0. The van der Waals surface area contributed by atoms with Crippen LogP contribution in [0.25, 0.3) is 11.1 Å². The Bertz CT molecular complexity index is 625. The number of nitro benzene ring substituents is 1. The van der Waals surface area contributed by atoms with Crippen LogP contribution in [-0.2, 0) is 0 Å². The van der Waals surface area contributed by atoms with Crippen molar-refractivity contribution >= 4 is 12.0 Å². The van der Waals surface area contributed by atoms with Crippen LogP contribution >= 0.6 is 0 Å². The van der Waals surface area contributed by atoms with Gasteiger partial charge in [0.05, 0.1) is 4.92 Å². The lowest BCUT2D eigenvalue weighted by Crippen LogP contribution is -1.92. The summed E-state index contributed by atoms with van der Waals surface area (Å²) >= 11 is 0. The van der Waals surface area contributed by atoms with Crippen molar-refractivity contribution in [2.45, 2.75) is 0 Å². The molecule has 0 spiro atoms. The molecule has 0 saturated carbocycles. The number of hydrogen-bond donors (Lipinski definition) is 0. The summed E-state index contributed by atoms with van der Waals surface area (Å²) in [7, 11) is 0. The molecule has 2 aromatic carbocycles. The fourth-order valence-corrected chi connectivity index (χ4v) is 1.67. The highest BCUT2D eigenvalue weighted by Crippen LogP contribution is 2.26. The van der Waals surface area contributed by atoms with Gasteiger partial charge in [0.2, 0.25) is 0 Å². The number of carbonyl (C=O) groups excluding carboxylic acids is 1. The second kappa shape index (κ2) is 4.75. The van der Waals surface area contributed by atoms with Crippen LogP contribution in [-0.4, -0.2) is 11.2 Å². The lowest BCUT2D eigenvalue weighted by atomic mass is 10.00. The highest BCUT2D eigenvalue weighted by Gasteiger charge is 2.10. The SMILES string of the molecule is O=Cc1ccc(F)cc1-c1cccc([N+](=O)[O-])c1. The van der Waals surface area contributed by atoms with Crippen molar-refractivity contribution in [2.24, 2.45) is 0 Å². The van der Waals surface area contributed by atoms with Gasteiger partial charge in [0, 0.05) is 17.7 Å². The fraction of sp³-hybridized carbons (Fsp3) is 0. The molecule has 18 heavy (non-hydrogen) atoms. The van der Waals surface area contributed by atoms with E-state index in [4.69, 9.17) is 0 Å². The van der Waals surface area contributed by atoms with Crippen molar-refractivity contribution in [3.63, 3.8) is 0 Å². The first-order valence-electron chi connectivity index (χ1n) is 5.11. The molecule has 2 rings (SSSR count). The number of non-ortho nitro benzene ring substituents is 1. The molecule has 0 aromatic heterocycles. The Morgan fingerprint density at radius 1 is 1.17 bits per heavy atom. The van der Waals surface area contributed by atoms with Gasteiger partial charge in [-0.1, -0.05) is 12.1 Å². The van der Waals surface area contributed by atoms with Gasteiger partial charge in [-0.25, -0.2) is 4.39 Å². The second-order valence-electron chi connectivity index (χ2n) is 3.66. The Morgan fingerprint density at radius 2 is 1.94 bits per heavy atom. The fourth-order valence-electron chi connectivity index (χ4n) is 1.67. The molecule has 0 radical (unpaired) electrons. The third-order valence-corrected chi connectivity index (χ3v) is 2.51. The van der Waals surface area contributed by atoms with Crippen LogP contribution in [0.2, 0.25) is 0 Å². The molecule has 0 fully saturated rings. The number of carbonyl (C=O) groups is 1. The Labute approximate surface area is 102 Å². The van der Waals surface area contributed by atoms with Crippen molar-refractivity contribution in [3.05, 3.63) is 64.0 Å². The number of nitrogens with zero attached hydrogens (tertiary/aromatic N) is 1. The molecule has 0 aliphatic heterocycles. The number of halogens is 1. The second-order valence-corrected chi connectivity index (χ2v) is 3.66. The zero-order chi connectivity index (χ0) is 13.1. The van der Waals surface area contributed by atoms with Gasteiger partial charge in [-0.3, -0.25) is 14.9 Å². The monoisotopic (exact) mass is 245 g/mol. The van der Waals surface area contributed by atoms with E-state index in [1.807, 2.05) is 0 Å². The van der Waals surface area contributed by atoms with Crippen molar-refractivity contribution < 1.29 is 14.1 Å². The van der Waals surface area contributed by atoms with Crippen LogP contribution in [0.1, 0.15) is 10.4 Å². The molecule has 0 N–H and O–H groups in total. The van der Waals surface area contributed by atoms with E-state index in [-0.39, 0.29) is 11.3 Å². The number of benzene rings is 2. The van der Waals surface area contributed by atoms with Crippen molar-refractivity contribution in [1.82, 2.24) is 0 Å². The van der Waals surface area contributed by atoms with Crippen LogP contribution in [0, 0.1) is 15.9 Å². The summed E-state index contributed by atoms with van der Waals surface area (Å²) in [5.74, 6) is -0.498. The average molecular weight is 245 g/mol. The maximum atomic E-state index is 13.2. The molecular weight excluding hydrogens is 237 g/mol. The minimum absolute atomic E-state index is 0.103. The summed E-state index contributed by atoms with van der Waals surface area (Å²) < 4.78 is 13.2. The van der Waals surface area contributed by atoms with Gasteiger partial charge in [-0.05, 0) is 29.3 Å². The summed E-state index contributed by atoms with van der Waals surface area (Å²) in [6.07, 6.45) is 0.591. The third kappa shape index (κ3) is 2.24. The van der Waals surface area contributed by atoms with Gasteiger partial charge in [0.15, 0.2) is 6.29 Å². The molecule has 0 saturated heterocycles. The molecule has 0 aliphatic carbocycles. The van der Waals surface area contributed by atoms with Gasteiger partial charge in [-0.2, -0.15) is 0 Å². The predicted molar refractivity (Wildman–Crippen MR) is 63.9 cm³/mol. The van der Waals surface area contributed by atoms with E-state index in [1.54, 1.807) is 6.07 Å². The summed E-state index contributed by atoms with van der Waals surface area (Å²) in [4.78, 5) is 21.0. The molecule has 4 nitrogen and oxygen atoms in total. The molecule has 2 aromatic rings. The standard InChI is InChI=1S/C13H8FNO3/c14-11-5-4-10(8-16)13(7-11)9-2-1-3-12(6-9)15(17)18/h1-8H. The van der Waals surface area contributed by atoms with Crippen molar-refractivity contribution in [1.29, 1.82) is 0 Å². The van der Waals surface area contributed by atoms with Crippen LogP contribution in [0.4, 0.5) is 10.1 Å². The van der Waals surface area contributed by atoms with E-state index in [2.05, 4.69) is 0 Å². The first kappa shape index (κ1) is 11.9. The predicted octanol–water partition coefficient (Wildman–Crippen LogP) is 3.21. The van der Waals surface area contributed by atoms with Gasteiger partial charge in [0.25, 0.3) is 5.69 Å². The smallest absolute Gasteiger partial charge is 0.270 e. The Balaban J connectivity index is 2.60. The van der Waals surface area contributed by atoms with E-state index < -0.39 is 10.7 Å². The van der Waals surface area contributed by atoms with Crippen LogP contribution in [0.5, 0.6) is 0 Å². The third-order valence-electron chi connectivity index (χ3n) is 2.51. The summed E-state index contributed by atoms with van der Waals surface area (Å²) in [5, 5.41) is 10.7. The maximum absolute atomic E-state index is 13.2. The van der Waals surface area contributed by atoms with Crippen LogP contribution < -0.4 is 0 Å². The molecule has 90 valence electrons.